The molecule has 134 valence electrons. The standard InChI is InChI=1S/C16H17F3N4O2/c1-25-10-3-2-9(12(6-10)16(17,18)19)7-21-15(24)14-11-8-20-5-4-13(11)22-23-14/h2-3,6,20H,4-5,7-8H2,1H3,(H,21,24)(H,22,23). The van der Waals surface area contributed by atoms with Crippen molar-refractivity contribution in [3.63, 3.8) is 0 Å². The number of rotatable bonds is 4. The number of ether oxygens (including phenoxy) is 1. The molecule has 0 fully saturated rings. The summed E-state index contributed by atoms with van der Waals surface area (Å²) in [4.78, 5) is 12.3. The number of methoxy groups -OCH3 is 1. The van der Waals surface area contributed by atoms with E-state index in [0.29, 0.717) is 6.54 Å². The van der Waals surface area contributed by atoms with Crippen molar-refractivity contribution in [2.24, 2.45) is 0 Å². The number of hydrogen-bond acceptors (Lipinski definition) is 4. The lowest BCUT2D eigenvalue weighted by molar-refractivity contribution is -0.138. The van der Waals surface area contributed by atoms with Crippen LogP contribution in [0.15, 0.2) is 18.2 Å². The minimum atomic E-state index is -4.54. The summed E-state index contributed by atoms with van der Waals surface area (Å²) in [6.07, 6.45) is -3.81. The van der Waals surface area contributed by atoms with Gasteiger partial charge in [-0.25, -0.2) is 0 Å². The lowest BCUT2D eigenvalue weighted by atomic mass is 10.1. The molecule has 1 aromatic carbocycles. The van der Waals surface area contributed by atoms with Crippen LogP contribution in [-0.2, 0) is 25.7 Å². The molecule has 1 aliphatic rings. The summed E-state index contributed by atoms with van der Waals surface area (Å²) in [6.45, 7) is 1.04. The molecule has 0 saturated heterocycles. The Balaban J connectivity index is 1.77. The highest BCUT2D eigenvalue weighted by Crippen LogP contribution is 2.34. The molecule has 0 spiro atoms. The fourth-order valence-corrected chi connectivity index (χ4v) is 2.77. The normalized spacial score (nSPS) is 14.1. The number of amides is 1. The summed E-state index contributed by atoms with van der Waals surface area (Å²) >= 11 is 0. The maximum Gasteiger partial charge on any atom is 0.416 e. The summed E-state index contributed by atoms with van der Waals surface area (Å²) in [5, 5.41) is 12.4. The van der Waals surface area contributed by atoms with Crippen LogP contribution in [0.2, 0.25) is 0 Å². The van der Waals surface area contributed by atoms with Crippen LogP contribution >= 0.6 is 0 Å². The predicted molar refractivity (Wildman–Crippen MR) is 83.2 cm³/mol. The van der Waals surface area contributed by atoms with Gasteiger partial charge >= 0.3 is 6.18 Å². The van der Waals surface area contributed by atoms with Crippen molar-refractivity contribution >= 4 is 5.91 Å². The second kappa shape index (κ2) is 6.75. The number of benzene rings is 1. The topological polar surface area (TPSA) is 79.0 Å². The van der Waals surface area contributed by atoms with Crippen LogP contribution in [0.1, 0.15) is 32.9 Å². The number of carbonyl (C=O) groups is 1. The van der Waals surface area contributed by atoms with Crippen LogP contribution in [0.3, 0.4) is 0 Å². The molecular formula is C16H17F3N4O2. The number of halogens is 3. The molecule has 2 aromatic rings. The number of hydrogen-bond donors (Lipinski definition) is 3. The van der Waals surface area contributed by atoms with Gasteiger partial charge in [0, 0.05) is 37.3 Å². The Hall–Kier alpha value is -2.55. The van der Waals surface area contributed by atoms with Gasteiger partial charge in [-0.1, -0.05) is 6.07 Å². The zero-order valence-corrected chi connectivity index (χ0v) is 13.5. The molecule has 0 unspecified atom stereocenters. The first-order chi connectivity index (χ1) is 11.9. The second-order valence-corrected chi connectivity index (χ2v) is 5.66. The molecule has 0 bridgehead atoms. The summed E-state index contributed by atoms with van der Waals surface area (Å²) < 4.78 is 44.4. The van der Waals surface area contributed by atoms with E-state index >= 15 is 0 Å². The van der Waals surface area contributed by atoms with Crippen LogP contribution in [0.5, 0.6) is 5.75 Å². The molecule has 3 rings (SSSR count). The van der Waals surface area contributed by atoms with E-state index in [1.165, 1.54) is 19.2 Å². The third-order valence-corrected chi connectivity index (χ3v) is 4.08. The first-order valence-corrected chi connectivity index (χ1v) is 7.69. The molecule has 9 heteroatoms. The van der Waals surface area contributed by atoms with E-state index in [1.54, 1.807) is 0 Å². The van der Waals surface area contributed by atoms with E-state index in [9.17, 15) is 18.0 Å². The number of aromatic nitrogens is 2. The van der Waals surface area contributed by atoms with Gasteiger partial charge in [-0.05, 0) is 17.7 Å². The van der Waals surface area contributed by atoms with Crippen molar-refractivity contribution < 1.29 is 22.7 Å². The Kier molecular flexibility index (Phi) is 4.67. The van der Waals surface area contributed by atoms with Gasteiger partial charge in [-0.15, -0.1) is 0 Å². The smallest absolute Gasteiger partial charge is 0.416 e. The third-order valence-electron chi connectivity index (χ3n) is 4.08. The lowest BCUT2D eigenvalue weighted by Crippen LogP contribution is -2.28. The molecule has 3 N–H and O–H groups in total. The summed E-state index contributed by atoms with van der Waals surface area (Å²) in [5.41, 5.74) is 0.977. The summed E-state index contributed by atoms with van der Waals surface area (Å²) in [5.74, 6) is -0.403. The zero-order chi connectivity index (χ0) is 18.0. The van der Waals surface area contributed by atoms with Gasteiger partial charge in [0.05, 0.1) is 12.7 Å². The van der Waals surface area contributed by atoms with Gasteiger partial charge in [0.25, 0.3) is 5.91 Å². The number of nitrogens with one attached hydrogen (secondary N) is 3. The van der Waals surface area contributed by atoms with E-state index in [4.69, 9.17) is 4.74 Å². The molecule has 1 aliphatic heterocycles. The van der Waals surface area contributed by atoms with Crippen LogP contribution in [0.25, 0.3) is 0 Å². The second-order valence-electron chi connectivity index (χ2n) is 5.66. The van der Waals surface area contributed by atoms with Gasteiger partial charge in [-0.2, -0.15) is 18.3 Å². The molecule has 2 heterocycles. The average molecular weight is 354 g/mol. The van der Waals surface area contributed by atoms with Crippen molar-refractivity contribution in [3.8, 4) is 5.75 Å². The van der Waals surface area contributed by atoms with Gasteiger partial charge in [0.15, 0.2) is 5.69 Å². The monoisotopic (exact) mass is 354 g/mol. The molecule has 25 heavy (non-hydrogen) atoms. The minimum Gasteiger partial charge on any atom is -0.497 e. The quantitative estimate of drug-likeness (QED) is 0.785. The molecule has 0 radical (unpaired) electrons. The van der Waals surface area contributed by atoms with Crippen molar-refractivity contribution in [2.75, 3.05) is 13.7 Å². The highest BCUT2D eigenvalue weighted by Gasteiger charge is 2.34. The number of nitrogens with zero attached hydrogens (tertiary/aromatic N) is 1. The number of fused-ring (bicyclic) bond motifs is 1. The Morgan fingerprint density at radius 2 is 2.20 bits per heavy atom. The van der Waals surface area contributed by atoms with E-state index in [0.717, 1.165) is 30.3 Å². The van der Waals surface area contributed by atoms with Crippen LogP contribution in [-0.4, -0.2) is 29.8 Å². The van der Waals surface area contributed by atoms with E-state index in [2.05, 4.69) is 20.8 Å². The first-order valence-electron chi connectivity index (χ1n) is 7.69. The molecule has 0 atom stereocenters. The minimum absolute atomic E-state index is 0.0378. The number of H-pyrrole nitrogens is 1. The Morgan fingerprint density at radius 3 is 2.92 bits per heavy atom. The van der Waals surface area contributed by atoms with Gasteiger partial charge in [0.1, 0.15) is 5.75 Å². The Bertz CT molecular complexity index is 786. The van der Waals surface area contributed by atoms with Gasteiger partial charge in [0.2, 0.25) is 0 Å². The maximum atomic E-state index is 13.2. The summed E-state index contributed by atoms with van der Waals surface area (Å²) in [7, 11) is 1.30. The van der Waals surface area contributed by atoms with Crippen LogP contribution in [0.4, 0.5) is 13.2 Å². The number of alkyl halides is 3. The summed E-state index contributed by atoms with van der Waals surface area (Å²) in [6, 6.07) is 3.64. The number of carbonyl (C=O) groups excluding carboxylic acids is 1. The maximum absolute atomic E-state index is 13.2. The van der Waals surface area contributed by atoms with Crippen molar-refractivity contribution in [1.82, 2.24) is 20.8 Å². The first kappa shape index (κ1) is 17.3. The molecule has 1 aromatic heterocycles. The van der Waals surface area contributed by atoms with E-state index in [1.807, 2.05) is 0 Å². The molecular weight excluding hydrogens is 337 g/mol. The Labute approximate surface area is 141 Å². The fourth-order valence-electron chi connectivity index (χ4n) is 2.77. The SMILES string of the molecule is COc1ccc(CNC(=O)c2n[nH]c3c2CNCC3)c(C(F)(F)F)c1. The van der Waals surface area contributed by atoms with E-state index < -0.39 is 17.6 Å². The lowest BCUT2D eigenvalue weighted by Gasteiger charge is -2.15. The highest BCUT2D eigenvalue weighted by atomic mass is 19.4. The van der Waals surface area contributed by atoms with Crippen molar-refractivity contribution in [2.45, 2.75) is 25.7 Å². The average Bonchev–Trinajstić information content (AvgIpc) is 3.03. The van der Waals surface area contributed by atoms with Gasteiger partial charge in [-0.3, -0.25) is 9.89 Å². The molecule has 6 nitrogen and oxygen atoms in total. The van der Waals surface area contributed by atoms with Crippen molar-refractivity contribution in [3.05, 3.63) is 46.3 Å². The zero-order valence-electron chi connectivity index (χ0n) is 13.5. The van der Waals surface area contributed by atoms with Gasteiger partial charge < -0.3 is 15.4 Å². The van der Waals surface area contributed by atoms with Crippen LogP contribution < -0.4 is 15.4 Å². The molecule has 1 amide bonds. The highest BCUT2D eigenvalue weighted by molar-refractivity contribution is 5.94. The van der Waals surface area contributed by atoms with Crippen molar-refractivity contribution in [1.29, 1.82) is 0 Å². The number of aromatic amines is 1. The van der Waals surface area contributed by atoms with E-state index in [-0.39, 0.29) is 23.6 Å². The molecule has 0 saturated carbocycles. The molecule has 0 aliphatic carbocycles. The third kappa shape index (κ3) is 3.60. The fraction of sp³-hybridized carbons (Fsp3) is 0.375. The largest absolute Gasteiger partial charge is 0.497 e. The predicted octanol–water partition coefficient (Wildman–Crippen LogP) is 2.01. The van der Waals surface area contributed by atoms with Crippen LogP contribution in [0, 0.1) is 0 Å². The Morgan fingerprint density at radius 1 is 1.40 bits per heavy atom.